The molecule has 2 rings (SSSR count). The van der Waals surface area contributed by atoms with Gasteiger partial charge in [-0.05, 0) is 24.6 Å². The number of hydrogen-bond acceptors (Lipinski definition) is 2. The van der Waals surface area contributed by atoms with Gasteiger partial charge in [-0.1, -0.05) is 33.6 Å². The van der Waals surface area contributed by atoms with Crippen LogP contribution in [0.3, 0.4) is 0 Å². The summed E-state index contributed by atoms with van der Waals surface area (Å²) in [5.41, 5.74) is 7.89. The van der Waals surface area contributed by atoms with Crippen molar-refractivity contribution < 1.29 is 0 Å². The molecule has 0 amide bonds. The van der Waals surface area contributed by atoms with Gasteiger partial charge < -0.3 is 5.73 Å². The second-order valence-electron chi connectivity index (χ2n) is 3.59. The highest BCUT2D eigenvalue weighted by Gasteiger charge is 2.10. The summed E-state index contributed by atoms with van der Waals surface area (Å²) < 4.78 is 2.71. The van der Waals surface area contributed by atoms with Crippen LogP contribution >= 0.6 is 27.5 Å². The van der Waals surface area contributed by atoms with E-state index in [9.17, 15) is 0 Å². The van der Waals surface area contributed by atoms with Crippen LogP contribution in [0.4, 0.5) is 0 Å². The molecule has 0 radical (unpaired) electrons. The molecule has 0 saturated carbocycles. The molecule has 1 aromatic heterocycles. The van der Waals surface area contributed by atoms with Crippen molar-refractivity contribution in [3.63, 3.8) is 0 Å². The van der Waals surface area contributed by atoms with Crippen LogP contribution in [0.15, 0.2) is 35.1 Å². The standard InChI is InChI=1S/C11H11BrClN3/c1-7(14)10-3-2-8(12)4-11(10)16-6-9(13)5-15-16/h2-7H,14H2,1H3. The van der Waals surface area contributed by atoms with E-state index in [2.05, 4.69) is 21.0 Å². The Bertz CT molecular complexity index is 508. The Balaban J connectivity index is 2.57. The van der Waals surface area contributed by atoms with Crippen molar-refractivity contribution in [1.29, 1.82) is 0 Å². The first-order valence-corrected chi connectivity index (χ1v) is 6.00. The maximum Gasteiger partial charge on any atom is 0.0790 e. The first-order valence-electron chi connectivity index (χ1n) is 4.83. The second kappa shape index (κ2) is 4.57. The van der Waals surface area contributed by atoms with E-state index in [-0.39, 0.29) is 6.04 Å². The van der Waals surface area contributed by atoms with Crippen molar-refractivity contribution in [2.75, 3.05) is 0 Å². The number of hydrogen-bond donors (Lipinski definition) is 1. The summed E-state index contributed by atoms with van der Waals surface area (Å²) in [5.74, 6) is 0. The molecule has 5 heteroatoms. The maximum atomic E-state index is 5.92. The van der Waals surface area contributed by atoms with Crippen molar-refractivity contribution in [3.8, 4) is 5.69 Å². The van der Waals surface area contributed by atoms with Gasteiger partial charge >= 0.3 is 0 Å². The molecular weight excluding hydrogens is 289 g/mol. The quantitative estimate of drug-likeness (QED) is 0.924. The molecule has 0 aliphatic carbocycles. The van der Waals surface area contributed by atoms with E-state index in [1.807, 2.05) is 25.1 Å². The van der Waals surface area contributed by atoms with Gasteiger partial charge in [-0.3, -0.25) is 0 Å². The Labute approximate surface area is 107 Å². The fourth-order valence-corrected chi connectivity index (χ4v) is 2.02. The summed E-state index contributed by atoms with van der Waals surface area (Å²) in [6, 6.07) is 5.88. The molecule has 3 nitrogen and oxygen atoms in total. The van der Waals surface area contributed by atoms with Gasteiger partial charge in [-0.15, -0.1) is 0 Å². The molecule has 0 bridgehead atoms. The number of halogens is 2. The lowest BCUT2D eigenvalue weighted by atomic mass is 10.1. The van der Waals surface area contributed by atoms with E-state index >= 15 is 0 Å². The molecule has 84 valence electrons. The van der Waals surface area contributed by atoms with Crippen LogP contribution < -0.4 is 5.73 Å². The summed E-state index contributed by atoms with van der Waals surface area (Å²) in [6.45, 7) is 1.94. The summed E-state index contributed by atoms with van der Waals surface area (Å²) in [5, 5.41) is 4.79. The van der Waals surface area contributed by atoms with E-state index in [4.69, 9.17) is 17.3 Å². The SMILES string of the molecule is CC(N)c1ccc(Br)cc1-n1cc(Cl)cn1. The highest BCUT2D eigenvalue weighted by molar-refractivity contribution is 9.10. The third-order valence-electron chi connectivity index (χ3n) is 2.28. The fraction of sp³-hybridized carbons (Fsp3) is 0.182. The average Bonchev–Trinajstić information content (AvgIpc) is 2.64. The van der Waals surface area contributed by atoms with E-state index in [1.165, 1.54) is 0 Å². The monoisotopic (exact) mass is 299 g/mol. The molecule has 0 aliphatic heterocycles. The number of benzene rings is 1. The molecule has 1 heterocycles. The topological polar surface area (TPSA) is 43.8 Å². The molecule has 0 saturated heterocycles. The average molecular weight is 301 g/mol. The van der Waals surface area contributed by atoms with Crippen LogP contribution in [0.25, 0.3) is 5.69 Å². The van der Waals surface area contributed by atoms with Gasteiger partial charge in [0.1, 0.15) is 0 Å². The van der Waals surface area contributed by atoms with Gasteiger partial charge in [0.15, 0.2) is 0 Å². The lowest BCUT2D eigenvalue weighted by molar-refractivity contribution is 0.780. The van der Waals surface area contributed by atoms with Crippen LogP contribution in [0, 0.1) is 0 Å². The summed E-state index contributed by atoms with van der Waals surface area (Å²) >= 11 is 9.29. The van der Waals surface area contributed by atoms with Crippen molar-refractivity contribution in [1.82, 2.24) is 9.78 Å². The first kappa shape index (κ1) is 11.6. The molecule has 16 heavy (non-hydrogen) atoms. The number of nitrogens with zero attached hydrogens (tertiary/aromatic N) is 2. The molecular formula is C11H11BrClN3. The number of aromatic nitrogens is 2. The zero-order chi connectivity index (χ0) is 11.7. The van der Waals surface area contributed by atoms with Gasteiger partial charge in [-0.25, -0.2) is 4.68 Å². The van der Waals surface area contributed by atoms with Gasteiger partial charge in [0, 0.05) is 16.7 Å². The minimum atomic E-state index is -0.0499. The minimum absolute atomic E-state index is 0.0499. The molecule has 0 fully saturated rings. The van der Waals surface area contributed by atoms with E-state index in [1.54, 1.807) is 17.1 Å². The normalized spacial score (nSPS) is 12.8. The van der Waals surface area contributed by atoms with Crippen LogP contribution in [0.5, 0.6) is 0 Å². The van der Waals surface area contributed by atoms with Crippen LogP contribution in [0.2, 0.25) is 5.02 Å². The lowest BCUT2D eigenvalue weighted by Crippen LogP contribution is -2.10. The molecule has 0 aliphatic rings. The van der Waals surface area contributed by atoms with E-state index < -0.39 is 0 Å². The van der Waals surface area contributed by atoms with Crippen LogP contribution in [-0.4, -0.2) is 9.78 Å². The summed E-state index contributed by atoms with van der Waals surface area (Å²) in [4.78, 5) is 0. The zero-order valence-corrected chi connectivity index (χ0v) is 11.0. The second-order valence-corrected chi connectivity index (χ2v) is 4.95. The Hall–Kier alpha value is -0.840. The van der Waals surface area contributed by atoms with Gasteiger partial charge in [-0.2, -0.15) is 5.10 Å². The van der Waals surface area contributed by atoms with Crippen molar-refractivity contribution in [2.45, 2.75) is 13.0 Å². The fourth-order valence-electron chi connectivity index (χ4n) is 1.53. The predicted octanol–water partition coefficient (Wildman–Crippen LogP) is 3.31. The largest absolute Gasteiger partial charge is 0.324 e. The third-order valence-corrected chi connectivity index (χ3v) is 2.97. The Morgan fingerprint density at radius 1 is 1.50 bits per heavy atom. The molecule has 1 unspecified atom stereocenters. The lowest BCUT2D eigenvalue weighted by Gasteiger charge is -2.12. The highest BCUT2D eigenvalue weighted by atomic mass is 79.9. The predicted molar refractivity (Wildman–Crippen MR) is 68.9 cm³/mol. The molecule has 1 aromatic carbocycles. The minimum Gasteiger partial charge on any atom is -0.324 e. The third kappa shape index (κ3) is 2.29. The van der Waals surface area contributed by atoms with Crippen LogP contribution in [0.1, 0.15) is 18.5 Å². The maximum absolute atomic E-state index is 5.92. The molecule has 1 atom stereocenters. The van der Waals surface area contributed by atoms with E-state index in [0.29, 0.717) is 5.02 Å². The molecule has 2 N–H and O–H groups in total. The van der Waals surface area contributed by atoms with E-state index in [0.717, 1.165) is 15.7 Å². The molecule has 2 aromatic rings. The zero-order valence-electron chi connectivity index (χ0n) is 8.69. The Kier molecular flexibility index (Phi) is 3.33. The van der Waals surface area contributed by atoms with Crippen molar-refractivity contribution in [2.24, 2.45) is 5.73 Å². The smallest absolute Gasteiger partial charge is 0.0790 e. The summed E-state index contributed by atoms with van der Waals surface area (Å²) in [7, 11) is 0. The Morgan fingerprint density at radius 2 is 2.25 bits per heavy atom. The number of nitrogens with two attached hydrogens (primary N) is 1. The van der Waals surface area contributed by atoms with Gasteiger partial charge in [0.25, 0.3) is 0 Å². The van der Waals surface area contributed by atoms with Crippen molar-refractivity contribution >= 4 is 27.5 Å². The molecule has 0 spiro atoms. The number of rotatable bonds is 2. The van der Waals surface area contributed by atoms with Crippen LogP contribution in [-0.2, 0) is 0 Å². The van der Waals surface area contributed by atoms with Gasteiger partial charge in [0.2, 0.25) is 0 Å². The summed E-state index contributed by atoms with van der Waals surface area (Å²) in [6.07, 6.45) is 3.36. The highest BCUT2D eigenvalue weighted by Crippen LogP contribution is 2.24. The van der Waals surface area contributed by atoms with Gasteiger partial charge in [0.05, 0.1) is 16.9 Å². The Morgan fingerprint density at radius 3 is 2.81 bits per heavy atom. The van der Waals surface area contributed by atoms with Crippen molar-refractivity contribution in [3.05, 3.63) is 45.7 Å². The first-order chi connectivity index (χ1) is 7.58.